The number of anilines is 1. The molecule has 2 aromatic rings. The van der Waals surface area contributed by atoms with E-state index in [1.807, 2.05) is 18.4 Å². The molecule has 0 atom stereocenters. The molecule has 0 fully saturated rings. The topological polar surface area (TPSA) is 37.3 Å². The number of hydrazone groups is 1. The summed E-state index contributed by atoms with van der Waals surface area (Å²) in [4.78, 5) is 5.06. The van der Waals surface area contributed by atoms with Gasteiger partial charge in [0.15, 0.2) is 5.82 Å². The predicted molar refractivity (Wildman–Crippen MR) is 79.5 cm³/mol. The third-order valence-corrected chi connectivity index (χ3v) is 4.06. The van der Waals surface area contributed by atoms with Crippen molar-refractivity contribution in [1.29, 1.82) is 0 Å². The van der Waals surface area contributed by atoms with Crippen molar-refractivity contribution in [1.82, 2.24) is 4.98 Å². The van der Waals surface area contributed by atoms with Crippen LogP contribution in [0.1, 0.15) is 10.4 Å². The molecule has 2 aromatic heterocycles. The summed E-state index contributed by atoms with van der Waals surface area (Å²) in [6.07, 6.45) is 1.71. The fourth-order valence-electron chi connectivity index (χ4n) is 1.19. The lowest BCUT2D eigenvalue weighted by Gasteiger charge is -2.03. The van der Waals surface area contributed by atoms with Gasteiger partial charge in [-0.2, -0.15) is 5.10 Å². The summed E-state index contributed by atoms with van der Waals surface area (Å²) in [6.45, 7) is 2.02. The molecule has 0 amide bonds. The number of aromatic nitrogens is 1. The number of aryl methyl sites for hydroxylation is 1. The minimum Gasteiger partial charge on any atom is -0.260 e. The van der Waals surface area contributed by atoms with E-state index in [0.29, 0.717) is 15.9 Å². The summed E-state index contributed by atoms with van der Waals surface area (Å²) < 4.78 is 0. The fourth-order valence-corrected chi connectivity index (χ4v) is 2.52. The van der Waals surface area contributed by atoms with Crippen molar-refractivity contribution in [3.8, 4) is 0 Å². The zero-order chi connectivity index (χ0) is 13.1. The highest BCUT2D eigenvalue weighted by Crippen LogP contribution is 2.28. The molecule has 0 unspecified atom stereocenters. The first kappa shape index (κ1) is 13.6. The third kappa shape index (κ3) is 3.14. The molecule has 0 aliphatic carbocycles. The Labute approximate surface area is 123 Å². The number of rotatable bonds is 3. The van der Waals surface area contributed by atoms with Crippen molar-refractivity contribution in [3.05, 3.63) is 43.2 Å². The maximum Gasteiger partial charge on any atom is 0.166 e. The van der Waals surface area contributed by atoms with Crippen LogP contribution in [-0.2, 0) is 0 Å². The lowest BCUT2D eigenvalue weighted by atomic mass is 10.3. The normalized spacial score (nSPS) is 11.1. The van der Waals surface area contributed by atoms with E-state index in [9.17, 15) is 0 Å². The van der Waals surface area contributed by atoms with Crippen molar-refractivity contribution in [2.24, 2.45) is 5.10 Å². The van der Waals surface area contributed by atoms with E-state index in [4.69, 9.17) is 34.8 Å². The van der Waals surface area contributed by atoms with Crippen LogP contribution in [0.15, 0.2) is 22.6 Å². The standard InChI is InChI=1S/C11H8Cl3N3S/c1-6-2-3-18-9(6)5-15-17-11-8(13)4-7(12)10(14)16-11/h2-5H,1H3,(H,16,17)/b15-5-. The molecule has 0 aliphatic rings. The Balaban J connectivity index is 2.13. The van der Waals surface area contributed by atoms with Crippen molar-refractivity contribution in [2.75, 3.05) is 5.43 Å². The van der Waals surface area contributed by atoms with Crippen LogP contribution in [0.5, 0.6) is 0 Å². The minimum absolute atomic E-state index is 0.186. The molecule has 3 nitrogen and oxygen atoms in total. The molecule has 0 saturated heterocycles. The zero-order valence-corrected chi connectivity index (χ0v) is 12.3. The van der Waals surface area contributed by atoms with Gasteiger partial charge in [-0.15, -0.1) is 11.3 Å². The Hall–Kier alpha value is -0.810. The molecule has 0 radical (unpaired) electrons. The SMILES string of the molecule is Cc1ccsc1/C=N\Nc1nc(Cl)c(Cl)cc1Cl. The molecular formula is C11H8Cl3N3S. The lowest BCUT2D eigenvalue weighted by Crippen LogP contribution is -1.95. The van der Waals surface area contributed by atoms with Crippen molar-refractivity contribution in [2.45, 2.75) is 6.92 Å². The van der Waals surface area contributed by atoms with Gasteiger partial charge in [0.2, 0.25) is 0 Å². The zero-order valence-electron chi connectivity index (χ0n) is 9.25. The average Bonchev–Trinajstić information content (AvgIpc) is 2.72. The lowest BCUT2D eigenvalue weighted by molar-refractivity contribution is 1.23. The molecule has 94 valence electrons. The van der Waals surface area contributed by atoms with Crippen molar-refractivity contribution in [3.63, 3.8) is 0 Å². The van der Waals surface area contributed by atoms with Crippen LogP contribution >= 0.6 is 46.1 Å². The molecule has 1 N–H and O–H groups in total. The Morgan fingerprint density at radius 2 is 2.11 bits per heavy atom. The Morgan fingerprint density at radius 3 is 2.78 bits per heavy atom. The van der Waals surface area contributed by atoms with Gasteiger partial charge in [-0.05, 0) is 30.0 Å². The van der Waals surface area contributed by atoms with E-state index in [2.05, 4.69) is 15.5 Å². The van der Waals surface area contributed by atoms with Crippen LogP contribution < -0.4 is 5.43 Å². The van der Waals surface area contributed by atoms with Gasteiger partial charge in [0.1, 0.15) is 5.15 Å². The first-order valence-corrected chi connectivity index (χ1v) is 6.94. The largest absolute Gasteiger partial charge is 0.260 e. The summed E-state index contributed by atoms with van der Waals surface area (Å²) in [5.74, 6) is 0.372. The highest BCUT2D eigenvalue weighted by atomic mass is 35.5. The molecule has 0 aliphatic heterocycles. The van der Waals surface area contributed by atoms with Gasteiger partial charge in [-0.3, -0.25) is 5.43 Å². The Bertz CT molecular complexity index is 595. The Morgan fingerprint density at radius 1 is 1.33 bits per heavy atom. The van der Waals surface area contributed by atoms with Crippen LogP contribution in [0.25, 0.3) is 0 Å². The molecule has 2 heterocycles. The van der Waals surface area contributed by atoms with E-state index >= 15 is 0 Å². The quantitative estimate of drug-likeness (QED) is 0.498. The van der Waals surface area contributed by atoms with Crippen molar-refractivity contribution < 1.29 is 0 Å². The van der Waals surface area contributed by atoms with Gasteiger partial charge in [0, 0.05) is 4.88 Å². The second-order valence-corrected chi connectivity index (χ2v) is 5.55. The number of thiophene rings is 1. The molecular weight excluding hydrogens is 313 g/mol. The van der Waals surface area contributed by atoms with Crippen molar-refractivity contribution >= 4 is 58.2 Å². The third-order valence-electron chi connectivity index (χ3n) is 2.14. The number of nitrogens with zero attached hydrogens (tertiary/aromatic N) is 2. The average molecular weight is 321 g/mol. The number of hydrogen-bond donors (Lipinski definition) is 1. The smallest absolute Gasteiger partial charge is 0.166 e. The second kappa shape index (κ2) is 5.89. The van der Waals surface area contributed by atoms with Crippen LogP contribution in [0.3, 0.4) is 0 Å². The minimum atomic E-state index is 0.186. The molecule has 0 saturated carbocycles. The van der Waals surface area contributed by atoms with Crippen LogP contribution in [-0.4, -0.2) is 11.2 Å². The summed E-state index contributed by atoms with van der Waals surface area (Å²) in [5.41, 5.74) is 3.90. The van der Waals surface area contributed by atoms with E-state index < -0.39 is 0 Å². The van der Waals surface area contributed by atoms with E-state index in [1.165, 1.54) is 11.6 Å². The molecule has 2 rings (SSSR count). The predicted octanol–water partition coefficient (Wildman–Crippen LogP) is 4.86. The fraction of sp³-hybridized carbons (Fsp3) is 0.0909. The van der Waals surface area contributed by atoms with Gasteiger partial charge >= 0.3 is 0 Å². The maximum atomic E-state index is 5.95. The van der Waals surface area contributed by atoms with Gasteiger partial charge < -0.3 is 0 Å². The summed E-state index contributed by atoms with van der Waals surface area (Å²) in [6, 6.07) is 3.54. The maximum absolute atomic E-state index is 5.95. The first-order chi connectivity index (χ1) is 8.58. The van der Waals surface area contributed by atoms with Gasteiger partial charge in [-0.25, -0.2) is 4.98 Å². The van der Waals surface area contributed by atoms with Crippen LogP contribution in [0, 0.1) is 6.92 Å². The molecule has 0 aromatic carbocycles. The molecule has 0 spiro atoms. The summed E-state index contributed by atoms with van der Waals surface area (Å²) in [7, 11) is 0. The first-order valence-electron chi connectivity index (χ1n) is 4.92. The van der Waals surface area contributed by atoms with E-state index in [1.54, 1.807) is 17.6 Å². The van der Waals surface area contributed by atoms with Crippen LogP contribution in [0.4, 0.5) is 5.82 Å². The molecule has 18 heavy (non-hydrogen) atoms. The molecule has 7 heteroatoms. The number of pyridine rings is 1. The highest BCUT2D eigenvalue weighted by molar-refractivity contribution is 7.11. The van der Waals surface area contributed by atoms with E-state index in [-0.39, 0.29) is 5.15 Å². The summed E-state index contributed by atoms with van der Waals surface area (Å²) in [5, 5.41) is 6.93. The monoisotopic (exact) mass is 319 g/mol. The number of halogens is 3. The number of nitrogens with one attached hydrogen (secondary N) is 1. The second-order valence-electron chi connectivity index (χ2n) is 3.43. The van der Waals surface area contributed by atoms with Gasteiger partial charge in [0.25, 0.3) is 0 Å². The van der Waals surface area contributed by atoms with Gasteiger partial charge in [0.05, 0.1) is 16.3 Å². The number of hydrogen-bond acceptors (Lipinski definition) is 4. The van der Waals surface area contributed by atoms with Gasteiger partial charge in [-0.1, -0.05) is 34.8 Å². The molecule has 0 bridgehead atoms. The van der Waals surface area contributed by atoms with Crippen LogP contribution in [0.2, 0.25) is 15.2 Å². The summed E-state index contributed by atoms with van der Waals surface area (Å²) >= 11 is 19.1. The Kier molecular flexibility index (Phi) is 4.45. The van der Waals surface area contributed by atoms with E-state index in [0.717, 1.165) is 4.88 Å². The highest BCUT2D eigenvalue weighted by Gasteiger charge is 2.06.